The SMILES string of the molecule is Cc1ccc(N2C(=S)N(C3C=CC(C#N)=C(C(F)(F)F)C3)C(=O)C23CCC(C)C3)cc1. The minimum absolute atomic E-state index is 0.222. The Morgan fingerprint density at radius 1 is 1.26 bits per heavy atom. The molecular weight excluding hydrogens is 423 g/mol. The van der Waals surface area contributed by atoms with Crippen LogP contribution in [0.15, 0.2) is 47.6 Å². The van der Waals surface area contributed by atoms with E-state index in [0.29, 0.717) is 18.8 Å². The quantitative estimate of drug-likeness (QED) is 0.587. The average molecular weight is 446 g/mol. The second-order valence-electron chi connectivity index (χ2n) is 8.64. The number of rotatable bonds is 2. The molecule has 1 spiro atoms. The summed E-state index contributed by atoms with van der Waals surface area (Å²) in [6.07, 6.45) is -0.445. The van der Waals surface area contributed by atoms with Gasteiger partial charge in [0.1, 0.15) is 5.54 Å². The maximum atomic E-state index is 13.7. The van der Waals surface area contributed by atoms with Crippen molar-refractivity contribution in [1.29, 1.82) is 5.26 Å². The van der Waals surface area contributed by atoms with Crippen molar-refractivity contribution in [2.75, 3.05) is 4.90 Å². The molecule has 3 atom stereocenters. The highest BCUT2D eigenvalue weighted by Crippen LogP contribution is 2.48. The third kappa shape index (κ3) is 3.45. The highest BCUT2D eigenvalue weighted by Gasteiger charge is 2.60. The van der Waals surface area contributed by atoms with E-state index >= 15 is 0 Å². The molecule has 1 aromatic rings. The number of anilines is 1. The zero-order valence-electron chi connectivity index (χ0n) is 17.2. The Morgan fingerprint density at radius 2 is 1.94 bits per heavy atom. The molecule has 1 saturated carbocycles. The molecule has 2 fully saturated rings. The van der Waals surface area contributed by atoms with Crippen LogP contribution in [0.3, 0.4) is 0 Å². The van der Waals surface area contributed by atoms with Gasteiger partial charge in [0.15, 0.2) is 5.11 Å². The molecule has 1 amide bonds. The number of amides is 1. The number of carbonyl (C=O) groups is 1. The summed E-state index contributed by atoms with van der Waals surface area (Å²) in [6, 6.07) is 8.40. The summed E-state index contributed by atoms with van der Waals surface area (Å²) in [5, 5.41) is 9.34. The summed E-state index contributed by atoms with van der Waals surface area (Å²) in [6.45, 7) is 4.03. The van der Waals surface area contributed by atoms with E-state index in [1.165, 1.54) is 11.0 Å². The lowest BCUT2D eigenvalue weighted by molar-refractivity contribution is -0.132. The van der Waals surface area contributed by atoms with Gasteiger partial charge in [-0.2, -0.15) is 18.4 Å². The van der Waals surface area contributed by atoms with Crippen molar-refractivity contribution in [2.24, 2.45) is 5.92 Å². The first-order valence-electron chi connectivity index (χ1n) is 10.2. The Bertz CT molecular complexity index is 1040. The first-order chi connectivity index (χ1) is 14.6. The largest absolute Gasteiger partial charge is 0.414 e. The highest BCUT2D eigenvalue weighted by atomic mass is 32.1. The standard InChI is InChI=1S/C23H22F3N3OS/c1-14-3-6-17(7-4-14)29-21(31)28(20(30)22(29)10-9-15(2)12-22)18-8-5-16(13-27)19(11-18)23(24,25)26/h3-8,15,18H,9-12H2,1-2H3. The summed E-state index contributed by atoms with van der Waals surface area (Å²) in [5.41, 5.74) is -0.381. The molecule has 3 unspecified atom stereocenters. The van der Waals surface area contributed by atoms with Crippen LogP contribution in [0, 0.1) is 24.2 Å². The Kier molecular flexibility index (Phi) is 5.21. The molecule has 0 radical (unpaired) electrons. The van der Waals surface area contributed by atoms with Gasteiger partial charge >= 0.3 is 6.18 Å². The van der Waals surface area contributed by atoms with Gasteiger partial charge in [-0.1, -0.05) is 30.7 Å². The molecule has 1 aliphatic heterocycles. The van der Waals surface area contributed by atoms with Crippen LogP contribution in [0.1, 0.15) is 38.2 Å². The van der Waals surface area contributed by atoms with Crippen LogP contribution in [-0.2, 0) is 4.79 Å². The van der Waals surface area contributed by atoms with Crippen molar-refractivity contribution >= 4 is 28.9 Å². The smallest absolute Gasteiger partial charge is 0.303 e. The second kappa shape index (κ2) is 7.49. The van der Waals surface area contributed by atoms with Gasteiger partial charge in [-0.3, -0.25) is 9.69 Å². The topological polar surface area (TPSA) is 47.3 Å². The van der Waals surface area contributed by atoms with Gasteiger partial charge in [0.2, 0.25) is 0 Å². The predicted octanol–water partition coefficient (Wildman–Crippen LogP) is 5.20. The van der Waals surface area contributed by atoms with E-state index in [4.69, 9.17) is 17.5 Å². The number of hydrogen-bond acceptors (Lipinski definition) is 3. The zero-order chi connectivity index (χ0) is 22.6. The lowest BCUT2D eigenvalue weighted by atomic mass is 9.91. The van der Waals surface area contributed by atoms with Crippen LogP contribution in [0.2, 0.25) is 0 Å². The number of aryl methyl sites for hydroxylation is 1. The second-order valence-corrected chi connectivity index (χ2v) is 9.01. The van der Waals surface area contributed by atoms with E-state index in [9.17, 15) is 18.0 Å². The first kappa shape index (κ1) is 21.6. The van der Waals surface area contributed by atoms with E-state index in [-0.39, 0.29) is 11.0 Å². The van der Waals surface area contributed by atoms with E-state index in [1.54, 1.807) is 6.07 Å². The number of nitrogens with zero attached hydrogens (tertiary/aromatic N) is 3. The lowest BCUT2D eigenvalue weighted by Crippen LogP contribution is -2.48. The summed E-state index contributed by atoms with van der Waals surface area (Å²) < 4.78 is 40.7. The number of allylic oxidation sites excluding steroid dienone is 2. The fraction of sp³-hybridized carbons (Fsp3) is 0.435. The van der Waals surface area contributed by atoms with Crippen molar-refractivity contribution in [3.05, 3.63) is 53.1 Å². The van der Waals surface area contributed by atoms with Crippen LogP contribution in [0.5, 0.6) is 0 Å². The predicted molar refractivity (Wildman–Crippen MR) is 115 cm³/mol. The van der Waals surface area contributed by atoms with E-state index in [1.807, 2.05) is 36.1 Å². The minimum atomic E-state index is -4.64. The molecule has 4 rings (SSSR count). The number of nitriles is 1. The first-order valence-corrected chi connectivity index (χ1v) is 10.6. The molecule has 4 nitrogen and oxygen atoms in total. The summed E-state index contributed by atoms with van der Waals surface area (Å²) in [7, 11) is 0. The van der Waals surface area contributed by atoms with Gasteiger partial charge in [-0.25, -0.2) is 0 Å². The fourth-order valence-corrected chi connectivity index (χ4v) is 5.45. The number of thiocarbonyl (C=S) groups is 1. The molecule has 1 saturated heterocycles. The molecule has 31 heavy (non-hydrogen) atoms. The Labute approximate surface area is 184 Å². The van der Waals surface area contributed by atoms with Gasteiger partial charge < -0.3 is 4.90 Å². The monoisotopic (exact) mass is 445 g/mol. The van der Waals surface area contributed by atoms with E-state index in [0.717, 1.165) is 23.7 Å². The fourth-order valence-electron chi connectivity index (χ4n) is 4.95. The van der Waals surface area contributed by atoms with Crippen LogP contribution >= 0.6 is 12.2 Å². The third-order valence-electron chi connectivity index (χ3n) is 6.49. The van der Waals surface area contributed by atoms with Crippen LogP contribution in [-0.4, -0.2) is 33.7 Å². The Hall–Kier alpha value is -2.66. The van der Waals surface area contributed by atoms with Crippen molar-refractivity contribution in [3.63, 3.8) is 0 Å². The van der Waals surface area contributed by atoms with Crippen LogP contribution < -0.4 is 4.90 Å². The van der Waals surface area contributed by atoms with Gasteiger partial charge in [-0.05, 0) is 62.5 Å². The summed E-state index contributed by atoms with van der Waals surface area (Å²) in [5.74, 6) is 0.0522. The Morgan fingerprint density at radius 3 is 2.48 bits per heavy atom. The van der Waals surface area contributed by atoms with Crippen molar-refractivity contribution in [2.45, 2.75) is 57.3 Å². The van der Waals surface area contributed by atoms with Gasteiger partial charge in [0.25, 0.3) is 5.91 Å². The van der Waals surface area contributed by atoms with Crippen LogP contribution in [0.25, 0.3) is 0 Å². The molecule has 1 aromatic carbocycles. The molecule has 2 aliphatic carbocycles. The van der Waals surface area contributed by atoms with Crippen LogP contribution in [0.4, 0.5) is 18.9 Å². The minimum Gasteiger partial charge on any atom is -0.303 e. The number of hydrogen-bond donors (Lipinski definition) is 0. The van der Waals surface area contributed by atoms with E-state index < -0.39 is 35.3 Å². The molecule has 162 valence electrons. The zero-order valence-corrected chi connectivity index (χ0v) is 18.1. The van der Waals surface area contributed by atoms with E-state index in [2.05, 4.69) is 6.92 Å². The average Bonchev–Trinajstić information content (AvgIpc) is 3.20. The Balaban J connectivity index is 1.75. The maximum Gasteiger partial charge on any atom is 0.414 e. The molecule has 8 heteroatoms. The number of alkyl halides is 3. The van der Waals surface area contributed by atoms with Gasteiger partial charge in [0, 0.05) is 12.1 Å². The molecule has 0 N–H and O–H groups in total. The molecular formula is C23H22F3N3OS. The van der Waals surface area contributed by atoms with Crippen molar-refractivity contribution < 1.29 is 18.0 Å². The molecule has 1 heterocycles. The van der Waals surface area contributed by atoms with Crippen molar-refractivity contribution in [3.8, 4) is 6.07 Å². The number of carbonyl (C=O) groups excluding carboxylic acids is 1. The van der Waals surface area contributed by atoms with Gasteiger partial charge in [-0.15, -0.1) is 0 Å². The number of halogens is 3. The molecule has 3 aliphatic rings. The summed E-state index contributed by atoms with van der Waals surface area (Å²) in [4.78, 5) is 16.9. The number of benzene rings is 1. The van der Waals surface area contributed by atoms with Crippen molar-refractivity contribution in [1.82, 2.24) is 4.90 Å². The highest BCUT2D eigenvalue weighted by molar-refractivity contribution is 7.80. The third-order valence-corrected chi connectivity index (χ3v) is 6.87. The summed E-state index contributed by atoms with van der Waals surface area (Å²) >= 11 is 5.71. The lowest BCUT2D eigenvalue weighted by Gasteiger charge is -2.33. The molecule has 0 bridgehead atoms. The molecule has 0 aromatic heterocycles. The maximum absolute atomic E-state index is 13.7. The normalized spacial score (nSPS) is 28.8. The van der Waals surface area contributed by atoms with Gasteiger partial charge in [0.05, 0.1) is 23.3 Å².